The van der Waals surface area contributed by atoms with Crippen molar-refractivity contribution in [1.29, 1.82) is 0 Å². The molecule has 1 atom stereocenters. The monoisotopic (exact) mass is 466 g/mol. The van der Waals surface area contributed by atoms with E-state index in [2.05, 4.69) is 26.2 Å². The number of aliphatic hydroxyl groups is 1. The third kappa shape index (κ3) is 5.12. The normalized spacial score (nSPS) is 11.8. The summed E-state index contributed by atoms with van der Waals surface area (Å²) in [5.41, 5.74) is -0.0971. The Morgan fingerprint density at radius 2 is 1.86 bits per heavy atom. The molecule has 1 unspecified atom stereocenters. The second-order valence-corrected chi connectivity index (χ2v) is 6.78. The van der Waals surface area contributed by atoms with Crippen LogP contribution in [0.25, 0.3) is 0 Å². The van der Waals surface area contributed by atoms with E-state index in [0.717, 1.165) is 12.1 Å². The zero-order chi connectivity index (χ0) is 21.0. The number of aromatic nitrogens is 1. The third-order valence-electron chi connectivity index (χ3n) is 3.89. The van der Waals surface area contributed by atoms with Crippen molar-refractivity contribution in [1.82, 2.24) is 10.3 Å². The van der Waals surface area contributed by atoms with Crippen LogP contribution < -0.4 is 10.1 Å². The summed E-state index contributed by atoms with van der Waals surface area (Å²) in [7, 11) is 0. The van der Waals surface area contributed by atoms with Crippen LogP contribution in [-0.4, -0.2) is 22.5 Å². The number of hydrogen-bond donors (Lipinski definition) is 2. The molecule has 2 N–H and O–H groups in total. The lowest BCUT2D eigenvalue weighted by Gasteiger charge is -2.14. The Hall–Kier alpha value is -2.91. The lowest BCUT2D eigenvalue weighted by Crippen LogP contribution is -2.29. The van der Waals surface area contributed by atoms with Gasteiger partial charge in [0.15, 0.2) is 0 Å². The number of ether oxygens (including phenoxy) is 1. The van der Waals surface area contributed by atoms with Crippen molar-refractivity contribution < 1.29 is 27.8 Å². The van der Waals surface area contributed by atoms with Crippen LogP contribution in [0.15, 0.2) is 59.2 Å². The van der Waals surface area contributed by atoms with Gasteiger partial charge in [-0.3, -0.25) is 4.79 Å². The predicted octanol–water partition coefficient (Wildman–Crippen LogP) is 4.52. The van der Waals surface area contributed by atoms with E-state index < -0.39 is 29.5 Å². The largest absolute Gasteiger partial charge is 0.437 e. The lowest BCUT2D eigenvalue weighted by molar-refractivity contribution is 0.0911. The van der Waals surface area contributed by atoms with E-state index in [1.807, 2.05) is 0 Å². The fourth-order valence-corrected chi connectivity index (χ4v) is 2.91. The van der Waals surface area contributed by atoms with Crippen molar-refractivity contribution in [3.8, 4) is 11.6 Å². The molecule has 0 bridgehead atoms. The predicted molar refractivity (Wildman–Crippen MR) is 102 cm³/mol. The molecule has 2 aromatic carbocycles. The Bertz CT molecular complexity index is 1050. The molecule has 0 aliphatic rings. The Morgan fingerprint density at radius 3 is 2.59 bits per heavy atom. The SMILES string of the molecule is O=C(NCC(O)c1ccc(F)cc1F)c1cccnc1Oc1ccc(F)cc1Br. The minimum atomic E-state index is -1.38. The third-order valence-corrected chi connectivity index (χ3v) is 4.51. The van der Waals surface area contributed by atoms with E-state index in [1.165, 1.54) is 36.5 Å². The van der Waals surface area contributed by atoms with Gasteiger partial charge in [0.2, 0.25) is 5.88 Å². The van der Waals surface area contributed by atoms with E-state index in [0.29, 0.717) is 10.5 Å². The quantitative estimate of drug-likeness (QED) is 0.560. The van der Waals surface area contributed by atoms with E-state index in [1.54, 1.807) is 0 Å². The van der Waals surface area contributed by atoms with Gasteiger partial charge in [0.25, 0.3) is 5.91 Å². The Kier molecular flexibility index (Phi) is 6.50. The highest BCUT2D eigenvalue weighted by atomic mass is 79.9. The van der Waals surface area contributed by atoms with Gasteiger partial charge in [-0.2, -0.15) is 0 Å². The number of amides is 1. The summed E-state index contributed by atoms with van der Waals surface area (Å²) >= 11 is 3.17. The van der Waals surface area contributed by atoms with Crippen LogP contribution >= 0.6 is 15.9 Å². The van der Waals surface area contributed by atoms with Gasteiger partial charge in [-0.05, 0) is 52.3 Å². The molecule has 1 aromatic heterocycles. The summed E-state index contributed by atoms with van der Waals surface area (Å²) in [5, 5.41) is 12.5. The second-order valence-electron chi connectivity index (χ2n) is 5.92. The number of hydrogen-bond acceptors (Lipinski definition) is 4. The molecular formula is C20H14BrF3N2O3. The first-order chi connectivity index (χ1) is 13.8. The molecule has 0 fully saturated rings. The molecule has 0 saturated heterocycles. The van der Waals surface area contributed by atoms with Crippen molar-refractivity contribution in [2.24, 2.45) is 0 Å². The zero-order valence-electron chi connectivity index (χ0n) is 14.7. The fourth-order valence-electron chi connectivity index (χ4n) is 2.47. The topological polar surface area (TPSA) is 71.5 Å². The van der Waals surface area contributed by atoms with Crippen molar-refractivity contribution >= 4 is 21.8 Å². The van der Waals surface area contributed by atoms with Gasteiger partial charge in [-0.25, -0.2) is 18.2 Å². The summed E-state index contributed by atoms with van der Waals surface area (Å²) in [4.78, 5) is 16.5. The van der Waals surface area contributed by atoms with Crippen molar-refractivity contribution in [3.63, 3.8) is 0 Å². The highest BCUT2D eigenvalue weighted by Crippen LogP contribution is 2.30. The number of pyridine rings is 1. The standard InChI is InChI=1S/C20H14BrF3N2O3/c21-15-8-11(22)4-6-18(15)29-20-14(2-1-7-25-20)19(28)26-10-17(27)13-5-3-12(23)9-16(13)24/h1-9,17,27H,10H2,(H,26,28). The average Bonchev–Trinajstić information content (AvgIpc) is 2.68. The molecular weight excluding hydrogens is 453 g/mol. The maximum absolute atomic E-state index is 13.7. The summed E-state index contributed by atoms with van der Waals surface area (Å²) in [5.74, 6) is -2.59. The van der Waals surface area contributed by atoms with Crippen LogP contribution in [0.5, 0.6) is 11.6 Å². The molecule has 0 aliphatic carbocycles. The average molecular weight is 467 g/mol. The van der Waals surface area contributed by atoms with E-state index >= 15 is 0 Å². The molecule has 29 heavy (non-hydrogen) atoms. The minimum absolute atomic E-state index is 0.0419. The number of carbonyl (C=O) groups is 1. The zero-order valence-corrected chi connectivity index (χ0v) is 16.3. The highest BCUT2D eigenvalue weighted by Gasteiger charge is 2.19. The number of rotatable bonds is 6. The second kappa shape index (κ2) is 9.06. The molecule has 3 rings (SSSR count). The van der Waals surface area contributed by atoms with Crippen LogP contribution in [0.3, 0.4) is 0 Å². The summed E-state index contributed by atoms with van der Waals surface area (Å²) in [6.45, 7) is -0.323. The summed E-state index contributed by atoms with van der Waals surface area (Å²) in [6, 6.07) is 9.48. The van der Waals surface area contributed by atoms with Gasteiger partial charge in [-0.15, -0.1) is 0 Å². The van der Waals surface area contributed by atoms with Gasteiger partial charge >= 0.3 is 0 Å². The maximum Gasteiger partial charge on any atom is 0.256 e. The number of nitrogens with zero attached hydrogens (tertiary/aromatic N) is 1. The molecule has 0 radical (unpaired) electrons. The highest BCUT2D eigenvalue weighted by molar-refractivity contribution is 9.10. The van der Waals surface area contributed by atoms with Gasteiger partial charge in [0.05, 0.1) is 10.6 Å². The first-order valence-corrected chi connectivity index (χ1v) is 9.13. The van der Waals surface area contributed by atoms with Gasteiger partial charge in [0.1, 0.15) is 28.8 Å². The van der Waals surface area contributed by atoms with Gasteiger partial charge in [0, 0.05) is 24.4 Å². The molecule has 5 nitrogen and oxygen atoms in total. The summed E-state index contributed by atoms with van der Waals surface area (Å²) < 4.78 is 45.9. The Labute approximate surface area is 172 Å². The molecule has 0 saturated carbocycles. The minimum Gasteiger partial charge on any atom is -0.437 e. The Balaban J connectivity index is 1.73. The van der Waals surface area contributed by atoms with Crippen LogP contribution in [0.2, 0.25) is 0 Å². The summed E-state index contributed by atoms with van der Waals surface area (Å²) in [6.07, 6.45) is 0.0264. The fraction of sp³-hybridized carbons (Fsp3) is 0.100. The smallest absolute Gasteiger partial charge is 0.256 e. The van der Waals surface area contributed by atoms with Crippen LogP contribution in [0.4, 0.5) is 13.2 Å². The first-order valence-electron chi connectivity index (χ1n) is 8.34. The number of aliphatic hydroxyl groups excluding tert-OH is 1. The molecule has 3 aromatic rings. The maximum atomic E-state index is 13.7. The lowest BCUT2D eigenvalue weighted by atomic mass is 10.1. The van der Waals surface area contributed by atoms with Crippen molar-refractivity contribution in [3.05, 3.63) is 87.8 Å². The van der Waals surface area contributed by atoms with Gasteiger partial charge in [-0.1, -0.05) is 6.07 Å². The Morgan fingerprint density at radius 1 is 1.14 bits per heavy atom. The molecule has 9 heteroatoms. The number of nitrogens with one attached hydrogen (secondary N) is 1. The molecule has 150 valence electrons. The number of halogens is 4. The molecule has 0 spiro atoms. The van der Waals surface area contributed by atoms with Crippen molar-refractivity contribution in [2.45, 2.75) is 6.10 Å². The molecule has 0 aliphatic heterocycles. The van der Waals surface area contributed by atoms with Crippen LogP contribution in [0, 0.1) is 17.5 Å². The van der Waals surface area contributed by atoms with E-state index in [9.17, 15) is 23.1 Å². The van der Waals surface area contributed by atoms with E-state index in [4.69, 9.17) is 4.74 Å². The number of carbonyl (C=O) groups excluding carboxylic acids is 1. The molecule has 1 heterocycles. The van der Waals surface area contributed by atoms with Crippen molar-refractivity contribution in [2.75, 3.05) is 6.54 Å². The van der Waals surface area contributed by atoms with Crippen LogP contribution in [-0.2, 0) is 0 Å². The van der Waals surface area contributed by atoms with E-state index in [-0.39, 0.29) is 29.3 Å². The first kappa shape index (κ1) is 20.8. The van der Waals surface area contributed by atoms with Crippen LogP contribution in [0.1, 0.15) is 22.0 Å². The van der Waals surface area contributed by atoms with Gasteiger partial charge < -0.3 is 15.2 Å². The molecule has 1 amide bonds. The number of benzene rings is 2.